The Morgan fingerprint density at radius 1 is 0.847 bits per heavy atom. The summed E-state index contributed by atoms with van der Waals surface area (Å²) in [5, 5.41) is 5.74. The van der Waals surface area contributed by atoms with E-state index in [9.17, 15) is 14.3 Å². The number of hydrogen-bond acceptors (Lipinski definition) is 16. The van der Waals surface area contributed by atoms with Crippen LogP contribution in [0.3, 0.4) is 0 Å². The predicted molar refractivity (Wildman–Crippen MR) is 233 cm³/mol. The van der Waals surface area contributed by atoms with Crippen molar-refractivity contribution in [3.8, 4) is 0 Å². The van der Waals surface area contributed by atoms with Crippen molar-refractivity contribution < 1.29 is 36.8 Å². The predicted octanol–water partition coefficient (Wildman–Crippen LogP) is 3.92. The maximum Gasteiger partial charge on any atom is 0.324 e. The molecule has 3 aliphatic rings. The van der Waals surface area contributed by atoms with Crippen molar-refractivity contribution in [2.24, 2.45) is 0 Å². The van der Waals surface area contributed by atoms with Crippen LogP contribution in [0.1, 0.15) is 54.0 Å². The second-order valence-corrected chi connectivity index (χ2v) is 33.8. The first-order valence-electron chi connectivity index (χ1n) is 19.0. The van der Waals surface area contributed by atoms with E-state index in [1.165, 1.54) is 19.0 Å². The second-order valence-electron chi connectivity index (χ2n) is 18.1. The van der Waals surface area contributed by atoms with Crippen LogP contribution in [0.25, 0.3) is 22.3 Å². The van der Waals surface area contributed by atoms with E-state index in [2.05, 4.69) is 120 Å². The Balaban J connectivity index is 1.28. The molecule has 0 radical (unpaired) electrons. The molecule has 2 unspecified atom stereocenters. The van der Waals surface area contributed by atoms with Crippen LogP contribution in [0.5, 0.6) is 0 Å². The van der Waals surface area contributed by atoms with Crippen molar-refractivity contribution in [2.45, 2.75) is 127 Å². The fraction of sp³-hybridized carbons (Fsp3) is 0.688. The lowest BCUT2D eigenvalue weighted by Crippen LogP contribution is -2.53. The van der Waals surface area contributed by atoms with E-state index in [1.54, 1.807) is 9.13 Å². The molecule has 4 aromatic rings. The molecule has 3 fully saturated rings. The fourth-order valence-corrected chi connectivity index (χ4v) is 12.8. The third-order valence-corrected chi connectivity index (χ3v) is 24.5. The van der Waals surface area contributed by atoms with Crippen molar-refractivity contribution in [1.29, 1.82) is 0 Å². The van der Waals surface area contributed by atoms with E-state index in [4.69, 9.17) is 50.6 Å². The van der Waals surface area contributed by atoms with Crippen molar-refractivity contribution in [3.63, 3.8) is 0 Å². The lowest BCUT2D eigenvalue weighted by molar-refractivity contribution is -0.0443. The van der Waals surface area contributed by atoms with Crippen molar-refractivity contribution >= 4 is 88.1 Å². The third-order valence-electron chi connectivity index (χ3n) is 12.0. The average molecular weight is 933 g/mol. The first-order valence-corrected chi connectivity index (χ1v) is 30.3. The maximum atomic E-state index is 14.6. The molecular weight excluding hydrogens is 879 g/mol. The van der Waals surface area contributed by atoms with Gasteiger partial charge in [0.25, 0.3) is 12.2 Å². The van der Waals surface area contributed by atoms with E-state index in [0.29, 0.717) is 11.2 Å². The average Bonchev–Trinajstić information content (AvgIpc) is 3.86. The Labute approximate surface area is 353 Å². The molecule has 4 aromatic heterocycles. The summed E-state index contributed by atoms with van der Waals surface area (Å²) in [6, 6.07) is -1.81. The zero-order chi connectivity index (χ0) is 43.2. The van der Waals surface area contributed by atoms with E-state index in [-0.39, 0.29) is 46.2 Å². The van der Waals surface area contributed by atoms with Gasteiger partial charge in [-0.15, -0.1) is 0 Å². The number of rotatable bonds is 6. The van der Waals surface area contributed by atoms with Gasteiger partial charge >= 0.3 is 6.72 Å². The van der Waals surface area contributed by atoms with Gasteiger partial charge in [0, 0.05) is 0 Å². The molecule has 3 saturated heterocycles. The highest BCUT2D eigenvalue weighted by Crippen LogP contribution is 2.54. The van der Waals surface area contributed by atoms with Gasteiger partial charge < -0.3 is 43.7 Å². The zero-order valence-corrected chi connectivity index (χ0v) is 40.0. The summed E-state index contributed by atoms with van der Waals surface area (Å²) in [5.74, 6) is 0.0610. The SMILES string of the molecule is CC(C)(C)[Si](C)(C)O[C@@H]1[C@@H]2NP(O)(=S)OC[C@H]3O[C@@H](n4cnc5c(=O)[nH]c(N)nc54)[C@H](O[Si](C)(C)C(C)(C)C)[C@@H]3NP(=O)(S)OC[C@H]2O[C@H]1n1cnc2c(N)ncnc21. The van der Waals surface area contributed by atoms with Gasteiger partial charge in [-0.05, 0) is 48.1 Å². The van der Waals surface area contributed by atoms with Crippen LogP contribution in [0.4, 0.5) is 11.8 Å². The normalized spacial score (nSPS) is 32.8. The second kappa shape index (κ2) is 15.6. The number of hydrogen-bond donors (Lipinski definition) is 7. The number of imidazole rings is 2. The number of aromatic amines is 1. The van der Waals surface area contributed by atoms with E-state index in [0.717, 1.165) is 0 Å². The van der Waals surface area contributed by atoms with Crippen LogP contribution >= 0.6 is 25.6 Å². The number of thiol groups is 1. The van der Waals surface area contributed by atoms with Crippen LogP contribution in [-0.2, 0) is 43.7 Å². The Hall–Kier alpha value is -2.20. The number of ether oxygens (including phenoxy) is 2. The van der Waals surface area contributed by atoms with Crippen molar-refractivity contribution in [2.75, 3.05) is 24.7 Å². The maximum absolute atomic E-state index is 14.6. The van der Waals surface area contributed by atoms with Gasteiger partial charge in [0.2, 0.25) is 5.95 Å². The molecule has 3 aliphatic heterocycles. The molecule has 7 rings (SSSR count). The number of nitrogen functional groups attached to an aromatic ring is 2. The number of nitrogens with two attached hydrogens (primary N) is 2. The van der Waals surface area contributed by atoms with Gasteiger partial charge in [0.05, 0.1) is 38.0 Å². The molecule has 59 heavy (non-hydrogen) atoms. The molecular formula is C32H54N12O9P2S2Si2. The van der Waals surface area contributed by atoms with Gasteiger partial charge in [0.15, 0.2) is 51.7 Å². The minimum atomic E-state index is -4.06. The molecule has 326 valence electrons. The number of aromatic nitrogens is 8. The van der Waals surface area contributed by atoms with Crippen molar-refractivity contribution in [1.82, 2.24) is 49.2 Å². The largest absolute Gasteiger partial charge is 0.408 e. The van der Waals surface area contributed by atoms with E-state index in [1.807, 2.05) is 0 Å². The zero-order valence-electron chi connectivity index (χ0n) is 34.5. The molecule has 27 heteroatoms. The number of anilines is 2. The number of fused-ring (bicyclic) bond motifs is 4. The molecule has 0 spiro atoms. The molecule has 21 nitrogen and oxygen atoms in total. The fourth-order valence-electron chi connectivity index (χ4n) is 6.79. The monoisotopic (exact) mass is 932 g/mol. The van der Waals surface area contributed by atoms with Crippen LogP contribution in [-0.4, -0.2) is 110 Å². The molecule has 8 N–H and O–H groups in total. The Morgan fingerprint density at radius 3 is 1.92 bits per heavy atom. The molecule has 0 aliphatic carbocycles. The van der Waals surface area contributed by atoms with Gasteiger partial charge in [0.1, 0.15) is 36.3 Å². The summed E-state index contributed by atoms with van der Waals surface area (Å²) < 4.78 is 57.7. The molecule has 0 amide bonds. The van der Waals surface area contributed by atoms with Crippen LogP contribution < -0.4 is 27.2 Å². The smallest absolute Gasteiger partial charge is 0.324 e. The van der Waals surface area contributed by atoms with Crippen molar-refractivity contribution in [3.05, 3.63) is 29.3 Å². The van der Waals surface area contributed by atoms with E-state index < -0.39 is 84.5 Å². The highest BCUT2D eigenvalue weighted by molar-refractivity contribution is 8.45. The summed E-state index contributed by atoms with van der Waals surface area (Å²) in [4.78, 5) is 48.9. The Kier molecular flexibility index (Phi) is 11.8. The molecule has 0 bridgehead atoms. The third kappa shape index (κ3) is 8.76. The Morgan fingerprint density at radius 2 is 1.36 bits per heavy atom. The van der Waals surface area contributed by atoms with Crippen LogP contribution in [0.15, 0.2) is 23.8 Å². The van der Waals surface area contributed by atoms with Gasteiger partial charge in [-0.3, -0.25) is 23.5 Å². The standard InChI is InChI=1S/C32H54N12O9P2S2Si2/c1-31(2,3)58(7,8)52-22-18-16(50-28(22)43-14-37-20-24(33)35-13-36-25(20)43)11-48-55(47,57)42-19-17(12-49-54(46,56)41-18)51-29(23(19)53-59(9,10)32(4,5)6)44-15-38-21-26(44)39-30(34)40-27(21)45/h13-19,22-23,28-29H,11-12H2,1-10H3,(H2,33,35,36)(H2,41,46,56)(H2,42,47,57)(H3,34,39,40,45)/t16-,17-,18-,19-,22-,23-,28-,29-,54?,55?/m1/s1. The van der Waals surface area contributed by atoms with Crippen LogP contribution in [0.2, 0.25) is 36.3 Å². The minimum absolute atomic E-state index is 0.0289. The topological polar surface area (TPSA) is 276 Å². The van der Waals surface area contributed by atoms with Crippen LogP contribution in [0, 0.1) is 0 Å². The molecule has 0 saturated carbocycles. The summed E-state index contributed by atoms with van der Waals surface area (Å²) in [6.07, 6.45) is -1.27. The van der Waals surface area contributed by atoms with E-state index >= 15 is 0 Å². The lowest BCUT2D eigenvalue weighted by Gasteiger charge is -2.41. The van der Waals surface area contributed by atoms with Gasteiger partial charge in [-0.2, -0.15) is 4.98 Å². The number of nitrogens with one attached hydrogen (secondary N) is 3. The molecule has 10 atom stereocenters. The summed E-state index contributed by atoms with van der Waals surface area (Å²) in [7, 11) is -5.24. The summed E-state index contributed by atoms with van der Waals surface area (Å²) >= 11 is 10.4. The minimum Gasteiger partial charge on any atom is -0.408 e. The molecule has 0 aromatic carbocycles. The summed E-state index contributed by atoms with van der Waals surface area (Å²) in [6.45, 7) is 12.3. The Bertz CT molecular complexity index is 2390. The van der Waals surface area contributed by atoms with Gasteiger partial charge in [-0.1, -0.05) is 53.8 Å². The highest BCUT2D eigenvalue weighted by atomic mass is 32.7. The van der Waals surface area contributed by atoms with Gasteiger partial charge in [-0.25, -0.2) is 30.1 Å². The molecule has 7 heterocycles. The first kappa shape index (κ1) is 44.8. The highest BCUT2D eigenvalue weighted by Gasteiger charge is 2.56. The first-order chi connectivity index (χ1) is 27.2. The number of nitrogens with zero attached hydrogens (tertiary/aromatic N) is 7. The quantitative estimate of drug-likeness (QED) is 0.0820. The lowest BCUT2D eigenvalue weighted by atomic mass is 10.1. The summed E-state index contributed by atoms with van der Waals surface area (Å²) in [5.41, 5.74) is 12.5. The number of H-pyrrole nitrogens is 1.